The van der Waals surface area contributed by atoms with Gasteiger partial charge in [0, 0.05) is 28.2 Å². The first-order valence-electron chi connectivity index (χ1n) is 6.47. The maximum absolute atomic E-state index is 13.8. The van der Waals surface area contributed by atoms with Crippen LogP contribution in [0, 0.1) is 5.82 Å². The molecule has 0 heterocycles. The first-order valence-corrected chi connectivity index (χ1v) is 7.26. The maximum Gasteiger partial charge on any atom is 0.131 e. The molecule has 4 heteroatoms. The highest BCUT2D eigenvalue weighted by atomic mass is 79.9. The van der Waals surface area contributed by atoms with Crippen molar-refractivity contribution in [1.82, 2.24) is 5.32 Å². The number of halogens is 2. The van der Waals surface area contributed by atoms with Gasteiger partial charge in [0.2, 0.25) is 0 Å². The summed E-state index contributed by atoms with van der Waals surface area (Å²) < 4.78 is 14.8. The third kappa shape index (κ3) is 3.58. The van der Waals surface area contributed by atoms with Gasteiger partial charge >= 0.3 is 0 Å². The Kier molecular flexibility index (Phi) is 4.78. The van der Waals surface area contributed by atoms with Gasteiger partial charge in [0.15, 0.2) is 0 Å². The van der Waals surface area contributed by atoms with Crippen molar-refractivity contribution in [1.29, 1.82) is 0 Å². The summed E-state index contributed by atoms with van der Waals surface area (Å²) in [4.78, 5) is 0. The molecule has 0 fully saturated rings. The van der Waals surface area contributed by atoms with E-state index in [4.69, 9.17) is 0 Å². The highest BCUT2D eigenvalue weighted by Gasteiger charge is 2.15. The van der Waals surface area contributed by atoms with E-state index in [0.717, 1.165) is 16.1 Å². The van der Waals surface area contributed by atoms with Crippen LogP contribution in [-0.4, -0.2) is 5.11 Å². The van der Waals surface area contributed by atoms with Gasteiger partial charge in [-0.2, -0.15) is 0 Å². The van der Waals surface area contributed by atoms with Crippen LogP contribution in [0.3, 0.4) is 0 Å². The van der Waals surface area contributed by atoms with Crippen molar-refractivity contribution >= 4 is 15.9 Å². The monoisotopic (exact) mass is 337 g/mol. The second-order valence-electron chi connectivity index (χ2n) is 4.87. The smallest absolute Gasteiger partial charge is 0.131 e. The molecule has 2 aromatic rings. The number of benzene rings is 2. The molecule has 2 aromatic carbocycles. The molecule has 0 spiro atoms. The average molecular weight is 338 g/mol. The number of phenols is 1. The summed E-state index contributed by atoms with van der Waals surface area (Å²) in [5.41, 5.74) is 1.68. The fourth-order valence-corrected chi connectivity index (χ4v) is 2.62. The minimum Gasteiger partial charge on any atom is -0.508 e. The molecule has 2 rings (SSSR count). The molecule has 20 heavy (non-hydrogen) atoms. The number of rotatable bonds is 4. The summed E-state index contributed by atoms with van der Waals surface area (Å²) in [6.45, 7) is 3.94. The van der Waals surface area contributed by atoms with Gasteiger partial charge in [-0.15, -0.1) is 0 Å². The second-order valence-corrected chi connectivity index (χ2v) is 5.79. The van der Waals surface area contributed by atoms with E-state index in [9.17, 15) is 9.50 Å². The van der Waals surface area contributed by atoms with Crippen molar-refractivity contribution in [3.63, 3.8) is 0 Å². The lowest BCUT2D eigenvalue weighted by atomic mass is 10.0. The normalized spacial score (nSPS) is 14.0. The van der Waals surface area contributed by atoms with Gasteiger partial charge in [0.05, 0.1) is 0 Å². The summed E-state index contributed by atoms with van der Waals surface area (Å²) in [6.07, 6.45) is 0. The molecule has 0 amide bonds. The summed E-state index contributed by atoms with van der Waals surface area (Å²) in [7, 11) is 0. The number of phenolic OH excluding ortho intramolecular Hbond substituents is 1. The van der Waals surface area contributed by atoms with Crippen molar-refractivity contribution in [3.8, 4) is 5.75 Å². The predicted molar refractivity (Wildman–Crippen MR) is 82.2 cm³/mol. The topological polar surface area (TPSA) is 32.3 Å². The number of hydrogen-bond acceptors (Lipinski definition) is 2. The Balaban J connectivity index is 2.12. The Labute approximate surface area is 126 Å². The summed E-state index contributed by atoms with van der Waals surface area (Å²) >= 11 is 3.45. The fraction of sp³-hybridized carbons (Fsp3) is 0.250. The Morgan fingerprint density at radius 2 is 1.85 bits per heavy atom. The summed E-state index contributed by atoms with van der Waals surface area (Å²) in [5, 5.41) is 12.6. The lowest BCUT2D eigenvalue weighted by molar-refractivity contribution is 0.454. The van der Waals surface area contributed by atoms with Gasteiger partial charge in [0.25, 0.3) is 0 Å². The van der Waals surface area contributed by atoms with E-state index in [2.05, 4.69) is 21.2 Å². The first kappa shape index (κ1) is 15.0. The first-order chi connectivity index (χ1) is 9.47. The van der Waals surface area contributed by atoms with Crippen LogP contribution >= 0.6 is 15.9 Å². The molecule has 0 saturated carbocycles. The second kappa shape index (κ2) is 6.37. The average Bonchev–Trinajstić information content (AvgIpc) is 2.38. The van der Waals surface area contributed by atoms with Crippen molar-refractivity contribution in [2.24, 2.45) is 0 Å². The molecular formula is C16H17BrFNO. The van der Waals surface area contributed by atoms with Crippen LogP contribution in [0.5, 0.6) is 5.75 Å². The van der Waals surface area contributed by atoms with Gasteiger partial charge in [0.1, 0.15) is 11.6 Å². The fourth-order valence-electron chi connectivity index (χ4n) is 2.20. The minimum absolute atomic E-state index is 0.0570. The van der Waals surface area contributed by atoms with E-state index in [1.54, 1.807) is 6.07 Å². The van der Waals surface area contributed by atoms with E-state index >= 15 is 0 Å². The van der Waals surface area contributed by atoms with Crippen LogP contribution in [0.4, 0.5) is 4.39 Å². The van der Waals surface area contributed by atoms with Crippen LogP contribution in [0.1, 0.15) is 37.1 Å². The Morgan fingerprint density at radius 1 is 1.10 bits per heavy atom. The SMILES string of the molecule is CC(N[C@@H](C)c1cccc(Br)c1)c1ccc(O)cc1F. The largest absolute Gasteiger partial charge is 0.508 e. The predicted octanol–water partition coefficient (Wildman–Crippen LogP) is 4.71. The van der Waals surface area contributed by atoms with Crippen LogP contribution < -0.4 is 5.32 Å². The molecule has 0 aromatic heterocycles. The molecule has 0 radical (unpaired) electrons. The van der Waals surface area contributed by atoms with Crippen molar-refractivity contribution < 1.29 is 9.50 Å². The molecule has 0 aliphatic carbocycles. The zero-order chi connectivity index (χ0) is 14.7. The van der Waals surface area contributed by atoms with E-state index in [1.807, 2.05) is 38.1 Å². The number of hydrogen-bond donors (Lipinski definition) is 2. The van der Waals surface area contributed by atoms with Crippen molar-refractivity contribution in [3.05, 3.63) is 63.9 Å². The molecule has 106 valence electrons. The van der Waals surface area contributed by atoms with Gasteiger partial charge in [-0.05, 0) is 37.6 Å². The zero-order valence-corrected chi connectivity index (χ0v) is 13.0. The van der Waals surface area contributed by atoms with Crippen LogP contribution in [0.25, 0.3) is 0 Å². The van der Waals surface area contributed by atoms with Gasteiger partial charge < -0.3 is 10.4 Å². The third-order valence-electron chi connectivity index (χ3n) is 3.30. The molecule has 1 unspecified atom stereocenters. The quantitative estimate of drug-likeness (QED) is 0.847. The lowest BCUT2D eigenvalue weighted by Crippen LogP contribution is -2.23. The highest BCUT2D eigenvalue weighted by Crippen LogP contribution is 2.25. The summed E-state index contributed by atoms with van der Waals surface area (Å²) in [5.74, 6) is -0.454. The molecule has 0 saturated heterocycles. The summed E-state index contributed by atoms with van der Waals surface area (Å²) in [6, 6.07) is 12.2. The zero-order valence-electron chi connectivity index (χ0n) is 11.4. The Hall–Kier alpha value is -1.39. The maximum atomic E-state index is 13.8. The lowest BCUT2D eigenvalue weighted by Gasteiger charge is -2.21. The minimum atomic E-state index is -0.397. The standard InChI is InChI=1S/C16H17BrFNO/c1-10(12-4-3-5-13(17)8-12)19-11(2)15-7-6-14(20)9-16(15)18/h3-11,19-20H,1-2H3/t10-,11?/m0/s1. The molecule has 2 atom stereocenters. The third-order valence-corrected chi connectivity index (χ3v) is 3.79. The molecule has 0 aliphatic heterocycles. The molecule has 0 aliphatic rings. The van der Waals surface area contributed by atoms with E-state index in [-0.39, 0.29) is 17.8 Å². The molecule has 0 bridgehead atoms. The van der Waals surface area contributed by atoms with Crippen LogP contribution in [0.2, 0.25) is 0 Å². The van der Waals surface area contributed by atoms with Crippen LogP contribution in [0.15, 0.2) is 46.9 Å². The molecule has 2 N–H and O–H groups in total. The number of aromatic hydroxyl groups is 1. The van der Waals surface area contributed by atoms with E-state index < -0.39 is 5.82 Å². The van der Waals surface area contributed by atoms with Gasteiger partial charge in [-0.3, -0.25) is 0 Å². The van der Waals surface area contributed by atoms with Crippen LogP contribution in [-0.2, 0) is 0 Å². The molecular weight excluding hydrogens is 321 g/mol. The van der Waals surface area contributed by atoms with Gasteiger partial charge in [-0.25, -0.2) is 4.39 Å². The van der Waals surface area contributed by atoms with Crippen molar-refractivity contribution in [2.75, 3.05) is 0 Å². The highest BCUT2D eigenvalue weighted by molar-refractivity contribution is 9.10. The van der Waals surface area contributed by atoms with Gasteiger partial charge in [-0.1, -0.05) is 34.1 Å². The molecule has 2 nitrogen and oxygen atoms in total. The number of nitrogens with one attached hydrogen (secondary N) is 1. The van der Waals surface area contributed by atoms with Crippen molar-refractivity contribution in [2.45, 2.75) is 25.9 Å². The van der Waals surface area contributed by atoms with E-state index in [1.165, 1.54) is 6.07 Å². The van der Waals surface area contributed by atoms with E-state index in [0.29, 0.717) is 5.56 Å². The Morgan fingerprint density at radius 3 is 2.50 bits per heavy atom. The Bertz CT molecular complexity index is 603.